The molecule has 10 heteroatoms. The van der Waals surface area contributed by atoms with Gasteiger partial charge in [-0.05, 0) is 12.8 Å². The van der Waals surface area contributed by atoms with E-state index in [4.69, 9.17) is 18.9 Å². The minimum Gasteiger partial charge on any atom is -0.462 e. The average molecular weight is 703 g/mol. The fourth-order valence-corrected chi connectivity index (χ4v) is 6.25. The number of carbonyl (C=O) groups excluding carboxylic acids is 2. The van der Waals surface area contributed by atoms with Crippen molar-refractivity contribution in [3.8, 4) is 0 Å². The summed E-state index contributed by atoms with van der Waals surface area (Å²) in [5.74, 6) is -0.799. The van der Waals surface area contributed by atoms with Crippen molar-refractivity contribution in [1.29, 1.82) is 0 Å². The lowest BCUT2D eigenvalue weighted by Gasteiger charge is -2.39. The van der Waals surface area contributed by atoms with Gasteiger partial charge in [0.2, 0.25) is 0 Å². The summed E-state index contributed by atoms with van der Waals surface area (Å²) >= 11 is 0. The molecule has 4 N–H and O–H groups in total. The maximum atomic E-state index is 12.7. The molecular formula is C39H74O10. The van der Waals surface area contributed by atoms with Crippen LogP contribution in [0.3, 0.4) is 0 Å². The maximum Gasteiger partial charge on any atom is 0.306 e. The number of hydrogen-bond donors (Lipinski definition) is 4. The highest BCUT2D eigenvalue weighted by atomic mass is 16.7. The lowest BCUT2D eigenvalue weighted by atomic mass is 9.99. The van der Waals surface area contributed by atoms with Crippen LogP contribution in [0.2, 0.25) is 0 Å². The molecule has 1 saturated heterocycles. The summed E-state index contributed by atoms with van der Waals surface area (Å²) in [7, 11) is 0. The molecule has 1 rings (SSSR count). The second-order valence-corrected chi connectivity index (χ2v) is 14.1. The molecule has 1 aliphatic heterocycles. The third kappa shape index (κ3) is 23.7. The van der Waals surface area contributed by atoms with Crippen LogP contribution >= 0.6 is 0 Å². The van der Waals surface area contributed by atoms with Gasteiger partial charge in [0.25, 0.3) is 0 Å². The van der Waals surface area contributed by atoms with E-state index in [1.807, 2.05) is 0 Å². The lowest BCUT2D eigenvalue weighted by molar-refractivity contribution is -0.305. The van der Waals surface area contributed by atoms with Crippen LogP contribution in [0.5, 0.6) is 0 Å². The highest BCUT2D eigenvalue weighted by Gasteiger charge is 2.44. The van der Waals surface area contributed by atoms with Gasteiger partial charge in [-0.1, -0.05) is 155 Å². The van der Waals surface area contributed by atoms with Gasteiger partial charge in [-0.3, -0.25) is 9.59 Å². The molecule has 10 nitrogen and oxygen atoms in total. The zero-order valence-electron chi connectivity index (χ0n) is 31.2. The Bertz CT molecular complexity index is 779. The van der Waals surface area contributed by atoms with Crippen molar-refractivity contribution in [2.45, 2.75) is 218 Å². The molecular weight excluding hydrogens is 628 g/mol. The molecule has 0 spiro atoms. The predicted molar refractivity (Wildman–Crippen MR) is 192 cm³/mol. The molecule has 0 amide bonds. The minimum atomic E-state index is -1.59. The molecule has 1 heterocycles. The number of hydrogen-bond acceptors (Lipinski definition) is 10. The van der Waals surface area contributed by atoms with Gasteiger partial charge in [0, 0.05) is 12.8 Å². The summed E-state index contributed by atoms with van der Waals surface area (Å²) in [6, 6.07) is 0. The number of aliphatic hydroxyl groups is 4. The molecule has 0 aliphatic carbocycles. The zero-order valence-corrected chi connectivity index (χ0v) is 31.2. The number of carbonyl (C=O) groups is 2. The Morgan fingerprint density at radius 3 is 1.39 bits per heavy atom. The fourth-order valence-electron chi connectivity index (χ4n) is 6.25. The first-order valence-corrected chi connectivity index (χ1v) is 20.1. The zero-order chi connectivity index (χ0) is 36.0. The van der Waals surface area contributed by atoms with E-state index in [9.17, 15) is 30.0 Å². The molecule has 0 aromatic heterocycles. The molecule has 290 valence electrons. The minimum absolute atomic E-state index is 0.210. The van der Waals surface area contributed by atoms with Crippen LogP contribution in [0.4, 0.5) is 0 Å². The summed E-state index contributed by atoms with van der Waals surface area (Å²) in [6.45, 7) is 3.41. The van der Waals surface area contributed by atoms with Crippen molar-refractivity contribution in [3.05, 3.63) is 0 Å². The quantitative estimate of drug-likeness (QED) is 0.0401. The third-order valence-corrected chi connectivity index (χ3v) is 9.49. The van der Waals surface area contributed by atoms with E-state index in [1.165, 1.54) is 109 Å². The van der Waals surface area contributed by atoms with Crippen LogP contribution in [0.25, 0.3) is 0 Å². The molecule has 0 bridgehead atoms. The van der Waals surface area contributed by atoms with E-state index in [1.54, 1.807) is 0 Å². The molecule has 1 aliphatic rings. The van der Waals surface area contributed by atoms with Crippen molar-refractivity contribution in [2.75, 3.05) is 19.8 Å². The van der Waals surface area contributed by atoms with E-state index in [0.717, 1.165) is 38.5 Å². The van der Waals surface area contributed by atoms with Crippen molar-refractivity contribution >= 4 is 11.9 Å². The molecule has 0 aromatic carbocycles. The second-order valence-electron chi connectivity index (χ2n) is 14.1. The summed E-state index contributed by atoms with van der Waals surface area (Å²) in [6.07, 6.45) is 21.1. The van der Waals surface area contributed by atoms with Crippen molar-refractivity contribution in [2.24, 2.45) is 0 Å². The van der Waals surface area contributed by atoms with Gasteiger partial charge in [0.05, 0.1) is 13.2 Å². The van der Waals surface area contributed by atoms with E-state index < -0.39 is 49.4 Å². The predicted octanol–water partition coefficient (Wildman–Crippen LogP) is 7.44. The van der Waals surface area contributed by atoms with Crippen LogP contribution < -0.4 is 0 Å². The van der Waals surface area contributed by atoms with E-state index in [0.29, 0.717) is 6.42 Å². The number of esters is 2. The fraction of sp³-hybridized carbons (Fsp3) is 0.949. The van der Waals surface area contributed by atoms with Crippen LogP contribution in [0.1, 0.15) is 181 Å². The van der Waals surface area contributed by atoms with Gasteiger partial charge in [0.15, 0.2) is 12.4 Å². The number of rotatable bonds is 33. The Hall–Kier alpha value is -1.30. The Morgan fingerprint density at radius 2 is 0.959 bits per heavy atom. The Kier molecular flexibility index (Phi) is 29.3. The van der Waals surface area contributed by atoms with Crippen LogP contribution in [0, 0.1) is 0 Å². The number of unbranched alkanes of at least 4 members (excludes halogenated alkanes) is 22. The molecule has 6 atom stereocenters. The van der Waals surface area contributed by atoms with Gasteiger partial charge >= 0.3 is 11.9 Å². The highest BCUT2D eigenvalue weighted by Crippen LogP contribution is 2.22. The van der Waals surface area contributed by atoms with Gasteiger partial charge in [-0.15, -0.1) is 0 Å². The SMILES string of the molecule is CCCCCCCCCCCCCCCCC(=O)O[C@H](COC(=O)CCCCCCCCCCCC)CO[C@@H]1O[C@H](CO)[C@H](O)C(O)C1O. The smallest absolute Gasteiger partial charge is 0.306 e. The lowest BCUT2D eigenvalue weighted by Crippen LogP contribution is -2.59. The number of ether oxygens (including phenoxy) is 4. The normalized spacial score (nSPS) is 21.5. The van der Waals surface area contributed by atoms with Gasteiger partial charge < -0.3 is 39.4 Å². The molecule has 0 saturated carbocycles. The first kappa shape index (κ1) is 45.7. The molecule has 2 unspecified atom stereocenters. The second kappa shape index (κ2) is 31.4. The molecule has 49 heavy (non-hydrogen) atoms. The van der Waals surface area contributed by atoms with Gasteiger partial charge in [-0.25, -0.2) is 0 Å². The van der Waals surface area contributed by atoms with Crippen molar-refractivity contribution in [1.82, 2.24) is 0 Å². The van der Waals surface area contributed by atoms with Crippen molar-refractivity contribution < 1.29 is 49.0 Å². The van der Waals surface area contributed by atoms with E-state index >= 15 is 0 Å². The summed E-state index contributed by atoms with van der Waals surface area (Å²) in [5.41, 5.74) is 0. The monoisotopic (exact) mass is 703 g/mol. The van der Waals surface area contributed by atoms with Crippen LogP contribution in [0.15, 0.2) is 0 Å². The van der Waals surface area contributed by atoms with E-state index in [-0.39, 0.29) is 32.0 Å². The van der Waals surface area contributed by atoms with Gasteiger partial charge in [0.1, 0.15) is 31.0 Å². The average Bonchev–Trinajstić information content (AvgIpc) is 3.10. The summed E-state index contributed by atoms with van der Waals surface area (Å²) in [4.78, 5) is 25.1. The Morgan fingerprint density at radius 1 is 0.551 bits per heavy atom. The third-order valence-electron chi connectivity index (χ3n) is 9.49. The largest absolute Gasteiger partial charge is 0.462 e. The summed E-state index contributed by atoms with van der Waals surface area (Å²) < 4.78 is 22.1. The standard InChI is InChI=1S/C39H74O10/c1-3-5-7-9-11-13-15-16-17-18-20-22-24-26-28-35(42)48-32(31-47-39-38(45)37(44)36(43)33(29-40)49-39)30-46-34(41)27-25-23-21-19-14-12-10-8-6-4-2/h32-33,36-40,43-45H,3-31H2,1-2H3/t32-,33-,36+,37?,38?,39-/m1/s1. The van der Waals surface area contributed by atoms with E-state index in [2.05, 4.69) is 13.8 Å². The van der Waals surface area contributed by atoms with Crippen molar-refractivity contribution in [3.63, 3.8) is 0 Å². The Labute approximate surface area is 298 Å². The number of aliphatic hydroxyl groups excluding tert-OH is 4. The highest BCUT2D eigenvalue weighted by molar-refractivity contribution is 5.70. The Balaban J connectivity index is 2.37. The first-order chi connectivity index (χ1) is 23.8. The molecule has 0 aromatic rings. The first-order valence-electron chi connectivity index (χ1n) is 20.1. The van der Waals surface area contributed by atoms with Crippen LogP contribution in [-0.2, 0) is 28.5 Å². The van der Waals surface area contributed by atoms with Gasteiger partial charge in [-0.2, -0.15) is 0 Å². The molecule has 1 fully saturated rings. The summed E-state index contributed by atoms with van der Waals surface area (Å²) in [5, 5.41) is 39.9. The van der Waals surface area contributed by atoms with Crippen LogP contribution in [-0.4, -0.2) is 89.0 Å². The topological polar surface area (TPSA) is 152 Å². The maximum absolute atomic E-state index is 12.7. The molecule has 0 radical (unpaired) electrons.